The molecule has 80 valence electrons. The number of rotatable bonds is 2. The van der Waals surface area contributed by atoms with Gasteiger partial charge in [-0.05, 0) is 27.8 Å². The molecule has 1 saturated heterocycles. The molecule has 1 aliphatic rings. The zero-order chi connectivity index (χ0) is 10.7. The zero-order valence-corrected chi connectivity index (χ0v) is 9.70. The van der Waals surface area contributed by atoms with Crippen LogP contribution < -0.4 is 0 Å². The molecule has 1 heterocycles. The van der Waals surface area contributed by atoms with Crippen LogP contribution in [0.4, 0.5) is 0 Å². The minimum Gasteiger partial charge on any atom is -0.303 e. The van der Waals surface area contributed by atoms with E-state index in [9.17, 15) is 0 Å². The lowest BCUT2D eigenvalue weighted by Crippen LogP contribution is -2.58. The lowest BCUT2D eigenvalue weighted by atomic mass is 10.0. The monoisotopic (exact) mass is 195 g/mol. The van der Waals surface area contributed by atoms with Gasteiger partial charge in [-0.2, -0.15) is 5.26 Å². The molecular weight excluding hydrogens is 174 g/mol. The highest BCUT2D eigenvalue weighted by Gasteiger charge is 2.31. The van der Waals surface area contributed by atoms with Crippen LogP contribution in [0.1, 0.15) is 27.2 Å². The van der Waals surface area contributed by atoms with E-state index in [1.165, 1.54) is 0 Å². The average Bonchev–Trinajstić information content (AvgIpc) is 2.01. The Morgan fingerprint density at radius 3 is 2.57 bits per heavy atom. The summed E-state index contributed by atoms with van der Waals surface area (Å²) in [5, 5.41) is 8.80. The van der Waals surface area contributed by atoms with E-state index >= 15 is 0 Å². The minimum atomic E-state index is 0.411. The summed E-state index contributed by atoms with van der Waals surface area (Å²) < 4.78 is 0. The molecule has 0 aromatic carbocycles. The first-order chi connectivity index (χ1) is 6.56. The molecule has 14 heavy (non-hydrogen) atoms. The molecule has 3 nitrogen and oxygen atoms in total. The Balaban J connectivity index is 2.71. The standard InChI is InChI=1S/C11H21N3/c1-9(2)14-10(3)7-13(4)8-11(14)5-6-12/h9-11H,5,7-8H2,1-4H3. The zero-order valence-electron chi connectivity index (χ0n) is 9.70. The van der Waals surface area contributed by atoms with E-state index in [4.69, 9.17) is 5.26 Å². The topological polar surface area (TPSA) is 30.3 Å². The summed E-state index contributed by atoms with van der Waals surface area (Å²) in [5.74, 6) is 0. The first-order valence-corrected chi connectivity index (χ1v) is 5.39. The van der Waals surface area contributed by atoms with Crippen molar-refractivity contribution in [2.45, 2.75) is 45.3 Å². The Morgan fingerprint density at radius 2 is 2.07 bits per heavy atom. The predicted octanol–water partition coefficient (Wildman–Crippen LogP) is 1.31. The molecular formula is C11H21N3. The van der Waals surface area contributed by atoms with E-state index in [0.717, 1.165) is 13.1 Å². The van der Waals surface area contributed by atoms with Crippen molar-refractivity contribution < 1.29 is 0 Å². The fourth-order valence-electron chi connectivity index (χ4n) is 2.64. The molecule has 2 atom stereocenters. The first-order valence-electron chi connectivity index (χ1n) is 5.39. The highest BCUT2D eigenvalue weighted by molar-refractivity contribution is 4.92. The van der Waals surface area contributed by atoms with Gasteiger partial charge in [-0.3, -0.25) is 4.90 Å². The number of nitriles is 1. The van der Waals surface area contributed by atoms with Gasteiger partial charge in [0.25, 0.3) is 0 Å². The molecule has 1 fully saturated rings. The molecule has 0 saturated carbocycles. The van der Waals surface area contributed by atoms with Gasteiger partial charge < -0.3 is 4.90 Å². The summed E-state index contributed by atoms with van der Waals surface area (Å²) in [6.45, 7) is 8.81. The number of piperazine rings is 1. The van der Waals surface area contributed by atoms with Crippen molar-refractivity contribution in [3.05, 3.63) is 0 Å². The Hall–Kier alpha value is -0.590. The quantitative estimate of drug-likeness (QED) is 0.665. The molecule has 0 amide bonds. The summed E-state index contributed by atoms with van der Waals surface area (Å²) in [7, 11) is 2.14. The van der Waals surface area contributed by atoms with Crippen LogP contribution in [0, 0.1) is 11.3 Å². The van der Waals surface area contributed by atoms with Crippen LogP contribution in [0.25, 0.3) is 0 Å². The second kappa shape index (κ2) is 4.77. The molecule has 1 rings (SSSR count). The van der Waals surface area contributed by atoms with Crippen LogP contribution in [0.5, 0.6) is 0 Å². The number of likely N-dealkylation sites (N-methyl/N-ethyl adjacent to an activating group) is 1. The van der Waals surface area contributed by atoms with Gasteiger partial charge in [0.05, 0.1) is 12.5 Å². The Labute approximate surface area is 87.3 Å². The van der Waals surface area contributed by atoms with Crippen molar-refractivity contribution in [3.63, 3.8) is 0 Å². The summed E-state index contributed by atoms with van der Waals surface area (Å²) >= 11 is 0. The van der Waals surface area contributed by atoms with Crippen LogP contribution in [-0.2, 0) is 0 Å². The maximum Gasteiger partial charge on any atom is 0.0638 e. The third-order valence-electron chi connectivity index (χ3n) is 2.95. The van der Waals surface area contributed by atoms with Gasteiger partial charge in [-0.15, -0.1) is 0 Å². The fraction of sp³-hybridized carbons (Fsp3) is 0.909. The van der Waals surface area contributed by atoms with Crippen molar-refractivity contribution in [1.29, 1.82) is 5.26 Å². The van der Waals surface area contributed by atoms with Crippen LogP contribution in [-0.4, -0.2) is 48.1 Å². The lowest BCUT2D eigenvalue weighted by Gasteiger charge is -2.46. The molecule has 0 radical (unpaired) electrons. The van der Waals surface area contributed by atoms with Gasteiger partial charge >= 0.3 is 0 Å². The SMILES string of the molecule is CC(C)N1C(C)CN(C)CC1CC#N. The Bertz CT molecular complexity index is 219. The third-order valence-corrected chi connectivity index (χ3v) is 2.95. The minimum absolute atomic E-state index is 0.411. The maximum absolute atomic E-state index is 8.80. The molecule has 0 aromatic heterocycles. The molecule has 2 unspecified atom stereocenters. The molecule has 1 aliphatic heterocycles. The van der Waals surface area contributed by atoms with Gasteiger partial charge in [0.1, 0.15) is 0 Å². The maximum atomic E-state index is 8.80. The molecule has 0 aliphatic carbocycles. The van der Waals surface area contributed by atoms with Crippen molar-refractivity contribution in [2.75, 3.05) is 20.1 Å². The molecule has 0 aromatic rings. The number of hydrogen-bond acceptors (Lipinski definition) is 3. The van der Waals surface area contributed by atoms with Crippen LogP contribution >= 0.6 is 0 Å². The Morgan fingerprint density at radius 1 is 1.43 bits per heavy atom. The van der Waals surface area contributed by atoms with E-state index in [1.807, 2.05) is 0 Å². The van der Waals surface area contributed by atoms with Gasteiger partial charge in [-0.25, -0.2) is 0 Å². The van der Waals surface area contributed by atoms with Crippen LogP contribution in [0.15, 0.2) is 0 Å². The highest BCUT2D eigenvalue weighted by Crippen LogP contribution is 2.19. The third kappa shape index (κ3) is 2.46. The van der Waals surface area contributed by atoms with E-state index < -0.39 is 0 Å². The summed E-state index contributed by atoms with van der Waals surface area (Å²) in [6.07, 6.45) is 0.646. The molecule has 0 spiro atoms. The van der Waals surface area contributed by atoms with E-state index in [0.29, 0.717) is 24.5 Å². The second-order valence-electron chi connectivity index (χ2n) is 4.63. The van der Waals surface area contributed by atoms with Crippen molar-refractivity contribution in [3.8, 4) is 6.07 Å². The van der Waals surface area contributed by atoms with Crippen molar-refractivity contribution in [2.24, 2.45) is 0 Å². The van der Waals surface area contributed by atoms with Crippen LogP contribution in [0.3, 0.4) is 0 Å². The van der Waals surface area contributed by atoms with Crippen molar-refractivity contribution in [1.82, 2.24) is 9.80 Å². The van der Waals surface area contributed by atoms with E-state index in [-0.39, 0.29) is 0 Å². The molecule has 3 heteroatoms. The summed E-state index contributed by atoms with van der Waals surface area (Å²) in [6, 6.07) is 3.81. The largest absolute Gasteiger partial charge is 0.303 e. The van der Waals surface area contributed by atoms with E-state index in [1.54, 1.807) is 0 Å². The number of nitrogens with zero attached hydrogens (tertiary/aromatic N) is 3. The average molecular weight is 195 g/mol. The Kier molecular flexibility index (Phi) is 3.91. The van der Waals surface area contributed by atoms with Crippen LogP contribution in [0.2, 0.25) is 0 Å². The van der Waals surface area contributed by atoms with Gasteiger partial charge in [0.2, 0.25) is 0 Å². The highest BCUT2D eigenvalue weighted by atomic mass is 15.3. The number of hydrogen-bond donors (Lipinski definition) is 0. The summed E-state index contributed by atoms with van der Waals surface area (Å²) in [4.78, 5) is 4.80. The first kappa shape index (κ1) is 11.5. The summed E-state index contributed by atoms with van der Waals surface area (Å²) in [5.41, 5.74) is 0. The smallest absolute Gasteiger partial charge is 0.0638 e. The lowest BCUT2D eigenvalue weighted by molar-refractivity contribution is 0.0216. The van der Waals surface area contributed by atoms with Crippen molar-refractivity contribution >= 4 is 0 Å². The fourth-order valence-corrected chi connectivity index (χ4v) is 2.64. The molecule has 0 bridgehead atoms. The normalized spacial score (nSPS) is 30.6. The molecule has 0 N–H and O–H groups in total. The second-order valence-corrected chi connectivity index (χ2v) is 4.63. The van der Waals surface area contributed by atoms with Gasteiger partial charge in [0, 0.05) is 31.2 Å². The van der Waals surface area contributed by atoms with Gasteiger partial charge in [0.15, 0.2) is 0 Å². The van der Waals surface area contributed by atoms with Gasteiger partial charge in [-0.1, -0.05) is 0 Å². The van der Waals surface area contributed by atoms with E-state index in [2.05, 4.69) is 43.7 Å². The predicted molar refractivity (Wildman–Crippen MR) is 58.0 cm³/mol.